The zero-order valence-electron chi connectivity index (χ0n) is 17.8. The Morgan fingerprint density at radius 3 is 2.58 bits per heavy atom. The first-order chi connectivity index (χ1) is 15.0. The minimum Gasteiger partial charge on any atom is -0.454 e. The summed E-state index contributed by atoms with van der Waals surface area (Å²) in [4.78, 5) is 27.2. The third-order valence-corrected chi connectivity index (χ3v) is 5.57. The number of rotatable bonds is 5. The maximum atomic E-state index is 12.5. The summed E-state index contributed by atoms with van der Waals surface area (Å²) in [6, 6.07) is 11.4. The molecule has 1 atom stereocenters. The lowest BCUT2D eigenvalue weighted by atomic mass is 10.0. The molecule has 0 radical (unpaired) electrons. The molecule has 1 unspecified atom stereocenters. The van der Waals surface area contributed by atoms with Crippen LogP contribution < -0.4 is 20.1 Å². The van der Waals surface area contributed by atoms with E-state index in [0.29, 0.717) is 36.9 Å². The second kappa shape index (κ2) is 9.36. The summed E-state index contributed by atoms with van der Waals surface area (Å²) in [6.07, 6.45) is 0. The molecule has 8 heteroatoms. The Morgan fingerprint density at radius 2 is 1.77 bits per heavy atom. The first-order valence-electron chi connectivity index (χ1n) is 10.4. The Labute approximate surface area is 181 Å². The normalized spacial score (nSPS) is 16.6. The van der Waals surface area contributed by atoms with Crippen LogP contribution in [0.25, 0.3) is 0 Å². The molecular weight excluding hydrogens is 398 g/mol. The van der Waals surface area contributed by atoms with Gasteiger partial charge in [-0.1, -0.05) is 18.2 Å². The highest BCUT2D eigenvalue weighted by Crippen LogP contribution is 2.35. The van der Waals surface area contributed by atoms with Gasteiger partial charge in [0, 0.05) is 25.3 Å². The maximum absolute atomic E-state index is 12.5. The fourth-order valence-corrected chi connectivity index (χ4v) is 3.79. The van der Waals surface area contributed by atoms with Gasteiger partial charge in [-0.3, -0.25) is 14.5 Å². The number of benzene rings is 2. The highest BCUT2D eigenvalue weighted by Gasteiger charge is 2.26. The van der Waals surface area contributed by atoms with Crippen molar-refractivity contribution in [1.29, 1.82) is 0 Å². The number of fused-ring (bicyclic) bond motifs is 1. The fourth-order valence-electron chi connectivity index (χ4n) is 3.79. The number of aryl methyl sites for hydroxylation is 2. The van der Waals surface area contributed by atoms with E-state index in [2.05, 4.69) is 15.5 Å². The number of nitrogens with zero attached hydrogens (tertiary/aromatic N) is 1. The smallest absolute Gasteiger partial charge is 0.313 e. The summed E-state index contributed by atoms with van der Waals surface area (Å²) in [5.74, 6) is 0.0520. The van der Waals surface area contributed by atoms with Crippen molar-refractivity contribution in [3.63, 3.8) is 0 Å². The van der Waals surface area contributed by atoms with Crippen molar-refractivity contribution in [2.75, 3.05) is 45.0 Å². The second-order valence-corrected chi connectivity index (χ2v) is 7.76. The van der Waals surface area contributed by atoms with E-state index < -0.39 is 11.8 Å². The number of anilines is 1. The van der Waals surface area contributed by atoms with Gasteiger partial charge in [0.15, 0.2) is 11.5 Å². The minimum atomic E-state index is -0.680. The van der Waals surface area contributed by atoms with Crippen LogP contribution in [0.4, 0.5) is 5.69 Å². The second-order valence-electron chi connectivity index (χ2n) is 7.76. The van der Waals surface area contributed by atoms with E-state index in [1.54, 1.807) is 0 Å². The van der Waals surface area contributed by atoms with Gasteiger partial charge >= 0.3 is 11.8 Å². The van der Waals surface area contributed by atoms with Gasteiger partial charge in [0.25, 0.3) is 0 Å². The van der Waals surface area contributed by atoms with Crippen molar-refractivity contribution in [3.05, 3.63) is 53.1 Å². The van der Waals surface area contributed by atoms with Crippen molar-refractivity contribution in [2.45, 2.75) is 19.9 Å². The van der Waals surface area contributed by atoms with Crippen LogP contribution in [0.2, 0.25) is 0 Å². The molecule has 0 saturated carbocycles. The van der Waals surface area contributed by atoms with Crippen molar-refractivity contribution >= 4 is 17.5 Å². The van der Waals surface area contributed by atoms with E-state index in [-0.39, 0.29) is 12.8 Å². The molecule has 1 fully saturated rings. The van der Waals surface area contributed by atoms with Crippen LogP contribution in [0.3, 0.4) is 0 Å². The third-order valence-electron chi connectivity index (χ3n) is 5.57. The molecule has 2 N–H and O–H groups in total. The molecule has 2 amide bonds. The Morgan fingerprint density at radius 1 is 1.00 bits per heavy atom. The number of carbonyl (C=O) groups is 2. The molecule has 2 aliphatic rings. The molecule has 4 rings (SSSR count). The summed E-state index contributed by atoms with van der Waals surface area (Å²) in [5, 5.41) is 5.50. The molecule has 1 saturated heterocycles. The topological polar surface area (TPSA) is 89.1 Å². The summed E-state index contributed by atoms with van der Waals surface area (Å²) in [6.45, 7) is 7.06. The molecular formula is C23H27N3O5. The first-order valence-corrected chi connectivity index (χ1v) is 10.4. The Hall–Kier alpha value is -3.10. The molecule has 8 nitrogen and oxygen atoms in total. The molecule has 0 spiro atoms. The lowest BCUT2D eigenvalue weighted by Crippen LogP contribution is -2.45. The van der Waals surface area contributed by atoms with Crippen LogP contribution in [0.1, 0.15) is 22.7 Å². The Balaban J connectivity index is 1.44. The number of hydrogen-bond acceptors (Lipinski definition) is 6. The largest absolute Gasteiger partial charge is 0.454 e. The summed E-state index contributed by atoms with van der Waals surface area (Å²) < 4.78 is 16.4. The molecule has 2 aliphatic heterocycles. The maximum Gasteiger partial charge on any atom is 0.313 e. The quantitative estimate of drug-likeness (QED) is 0.714. The molecule has 2 heterocycles. The van der Waals surface area contributed by atoms with Gasteiger partial charge in [0.2, 0.25) is 6.79 Å². The van der Waals surface area contributed by atoms with Gasteiger partial charge in [0.05, 0.1) is 19.3 Å². The van der Waals surface area contributed by atoms with E-state index in [1.807, 2.05) is 50.2 Å². The predicted molar refractivity (Wildman–Crippen MR) is 115 cm³/mol. The van der Waals surface area contributed by atoms with Crippen molar-refractivity contribution < 1.29 is 23.8 Å². The lowest BCUT2D eigenvalue weighted by Gasteiger charge is -2.35. The number of nitrogens with one attached hydrogen (secondary N) is 2. The monoisotopic (exact) mass is 425 g/mol. The lowest BCUT2D eigenvalue weighted by molar-refractivity contribution is -0.136. The van der Waals surface area contributed by atoms with Crippen molar-refractivity contribution in [3.8, 4) is 11.5 Å². The molecule has 0 aromatic heterocycles. The number of hydrogen-bond donors (Lipinski definition) is 2. The highest BCUT2D eigenvalue weighted by molar-refractivity contribution is 6.39. The molecule has 2 aromatic carbocycles. The number of morpholine rings is 1. The van der Waals surface area contributed by atoms with Gasteiger partial charge in [0.1, 0.15) is 0 Å². The summed E-state index contributed by atoms with van der Waals surface area (Å²) in [5.41, 5.74) is 3.54. The number of ether oxygens (including phenoxy) is 3. The van der Waals surface area contributed by atoms with Gasteiger partial charge in [-0.05, 0) is 48.7 Å². The molecule has 2 aromatic rings. The summed E-state index contributed by atoms with van der Waals surface area (Å²) in [7, 11) is 0. The average Bonchev–Trinajstić information content (AvgIpc) is 3.25. The standard InChI is InChI=1S/C23H27N3O5/c1-15-3-4-16(2)18(11-15)25-23(28)22(27)24-13-19(26-7-9-29-10-8-26)17-5-6-20-21(12-17)31-14-30-20/h3-6,11-12,19H,7-10,13-14H2,1-2H3,(H,24,27)(H,25,28). The van der Waals surface area contributed by atoms with Gasteiger partial charge in [-0.15, -0.1) is 0 Å². The molecule has 0 aliphatic carbocycles. The first kappa shape index (κ1) is 21.1. The van der Waals surface area contributed by atoms with Crippen LogP contribution in [0, 0.1) is 13.8 Å². The molecule has 164 valence electrons. The van der Waals surface area contributed by atoms with Crippen LogP contribution in [0.5, 0.6) is 11.5 Å². The average molecular weight is 425 g/mol. The summed E-state index contributed by atoms with van der Waals surface area (Å²) >= 11 is 0. The highest BCUT2D eigenvalue weighted by atomic mass is 16.7. The van der Waals surface area contributed by atoms with Crippen molar-refractivity contribution in [2.24, 2.45) is 0 Å². The third kappa shape index (κ3) is 4.98. The van der Waals surface area contributed by atoms with Crippen LogP contribution in [-0.4, -0.2) is 56.4 Å². The van der Waals surface area contributed by atoms with Gasteiger partial charge in [-0.25, -0.2) is 0 Å². The van der Waals surface area contributed by atoms with E-state index >= 15 is 0 Å². The van der Waals surface area contributed by atoms with Crippen LogP contribution in [-0.2, 0) is 14.3 Å². The van der Waals surface area contributed by atoms with Crippen LogP contribution in [0.15, 0.2) is 36.4 Å². The predicted octanol–water partition coefficient (Wildman–Crippen LogP) is 2.16. The SMILES string of the molecule is Cc1ccc(C)c(NC(=O)C(=O)NCC(c2ccc3c(c2)OCO3)N2CCOCC2)c1. The number of amides is 2. The Kier molecular flexibility index (Phi) is 6.39. The fraction of sp³-hybridized carbons (Fsp3) is 0.391. The van der Waals surface area contributed by atoms with E-state index in [4.69, 9.17) is 14.2 Å². The van der Waals surface area contributed by atoms with E-state index in [1.165, 1.54) is 0 Å². The number of carbonyl (C=O) groups excluding carboxylic acids is 2. The molecule has 0 bridgehead atoms. The van der Waals surface area contributed by atoms with Gasteiger partial charge in [-0.2, -0.15) is 0 Å². The zero-order chi connectivity index (χ0) is 21.8. The molecule has 31 heavy (non-hydrogen) atoms. The van der Waals surface area contributed by atoms with Gasteiger partial charge < -0.3 is 24.8 Å². The minimum absolute atomic E-state index is 0.115. The van der Waals surface area contributed by atoms with Crippen LogP contribution >= 0.6 is 0 Å². The van der Waals surface area contributed by atoms with Crippen molar-refractivity contribution in [1.82, 2.24) is 10.2 Å². The zero-order valence-corrected chi connectivity index (χ0v) is 17.8. The Bertz CT molecular complexity index is 972. The van der Waals surface area contributed by atoms with E-state index in [0.717, 1.165) is 29.8 Å². The van der Waals surface area contributed by atoms with E-state index in [9.17, 15) is 9.59 Å².